The SMILES string of the molecule is Fc1cc(-c2nc(-c3cc(F)c(F)c(F)n3)nc(-c3cc(F)c(F)c(F)n3)n2)nc(F)c1F. The number of pyridine rings is 3. The maximum atomic E-state index is 13.6. The van der Waals surface area contributed by atoms with E-state index in [2.05, 4.69) is 29.9 Å². The predicted octanol–water partition coefficient (Wildman–Crippen LogP) is 4.31. The minimum atomic E-state index is -1.94. The fraction of sp³-hybridized carbons (Fsp3) is 0. The molecule has 0 N–H and O–H groups in total. The Bertz CT molecular complexity index is 1180. The van der Waals surface area contributed by atoms with Crippen LogP contribution in [0.3, 0.4) is 0 Å². The molecular weight excluding hydrogens is 471 g/mol. The van der Waals surface area contributed by atoms with Crippen LogP contribution >= 0.6 is 0 Å². The van der Waals surface area contributed by atoms with Crippen molar-refractivity contribution in [1.29, 1.82) is 0 Å². The van der Waals surface area contributed by atoms with Crippen LogP contribution < -0.4 is 0 Å². The first-order chi connectivity index (χ1) is 15.5. The monoisotopic (exact) mass is 474 g/mol. The molecule has 15 heteroatoms. The van der Waals surface area contributed by atoms with Crippen molar-refractivity contribution in [1.82, 2.24) is 29.9 Å². The van der Waals surface area contributed by atoms with Crippen molar-refractivity contribution in [2.24, 2.45) is 0 Å². The summed E-state index contributed by atoms with van der Waals surface area (Å²) >= 11 is 0. The first-order valence-corrected chi connectivity index (χ1v) is 8.37. The maximum Gasteiger partial charge on any atom is 0.252 e. The fourth-order valence-electron chi connectivity index (χ4n) is 2.47. The van der Waals surface area contributed by atoms with E-state index in [1.165, 1.54) is 0 Å². The molecular formula is C18H3F9N6. The van der Waals surface area contributed by atoms with Crippen molar-refractivity contribution in [3.05, 3.63) is 70.9 Å². The lowest BCUT2D eigenvalue weighted by atomic mass is 10.2. The van der Waals surface area contributed by atoms with E-state index >= 15 is 0 Å². The van der Waals surface area contributed by atoms with Gasteiger partial charge >= 0.3 is 0 Å². The van der Waals surface area contributed by atoms with Crippen molar-refractivity contribution in [3.8, 4) is 34.6 Å². The van der Waals surface area contributed by atoms with E-state index in [0.717, 1.165) is 0 Å². The van der Waals surface area contributed by atoms with E-state index in [0.29, 0.717) is 18.2 Å². The van der Waals surface area contributed by atoms with Gasteiger partial charge in [0, 0.05) is 18.2 Å². The first kappa shape index (κ1) is 22.0. The molecule has 33 heavy (non-hydrogen) atoms. The third kappa shape index (κ3) is 4.04. The summed E-state index contributed by atoms with van der Waals surface area (Å²) in [6.45, 7) is 0. The van der Waals surface area contributed by atoms with E-state index in [9.17, 15) is 39.5 Å². The van der Waals surface area contributed by atoms with Crippen LogP contribution in [0.2, 0.25) is 0 Å². The number of hydrogen-bond acceptors (Lipinski definition) is 6. The van der Waals surface area contributed by atoms with Gasteiger partial charge in [0.2, 0.25) is 17.5 Å². The van der Waals surface area contributed by atoms with Crippen molar-refractivity contribution < 1.29 is 39.5 Å². The average molecular weight is 474 g/mol. The summed E-state index contributed by atoms with van der Waals surface area (Å²) < 4.78 is 121. The average Bonchev–Trinajstić information content (AvgIpc) is 2.78. The van der Waals surface area contributed by atoms with Gasteiger partial charge in [0.25, 0.3) is 17.8 Å². The molecule has 168 valence electrons. The molecule has 4 aromatic rings. The Balaban J connectivity index is 2.00. The van der Waals surface area contributed by atoms with Gasteiger partial charge in [0.05, 0.1) is 0 Å². The standard InChI is InChI=1S/C18H3F9N6/c19-4-1-7(28-13(25)10(4)22)16-31-17(8-2-5(20)11(23)14(26)29-8)33-18(32-16)9-3-6(21)12(24)15(27)30-9/h1-3H. The van der Waals surface area contributed by atoms with E-state index in [4.69, 9.17) is 0 Å². The Hall–Kier alpha value is -4.17. The van der Waals surface area contributed by atoms with E-state index in [-0.39, 0.29) is 0 Å². The van der Waals surface area contributed by atoms with Crippen LogP contribution in [0, 0.1) is 52.7 Å². The van der Waals surface area contributed by atoms with Gasteiger partial charge in [-0.05, 0) is 0 Å². The molecule has 0 aliphatic heterocycles. The van der Waals surface area contributed by atoms with Crippen LogP contribution in [-0.4, -0.2) is 29.9 Å². The molecule has 0 aliphatic carbocycles. The van der Waals surface area contributed by atoms with Crippen LogP contribution in [0.25, 0.3) is 34.6 Å². The molecule has 0 atom stereocenters. The maximum absolute atomic E-state index is 13.6. The molecule has 0 radical (unpaired) electrons. The first-order valence-electron chi connectivity index (χ1n) is 8.37. The van der Waals surface area contributed by atoms with Gasteiger partial charge in [0.15, 0.2) is 34.9 Å². The molecule has 0 saturated heterocycles. The zero-order valence-corrected chi connectivity index (χ0v) is 15.3. The van der Waals surface area contributed by atoms with Gasteiger partial charge in [-0.3, -0.25) is 0 Å². The lowest BCUT2D eigenvalue weighted by Crippen LogP contribution is -2.07. The van der Waals surface area contributed by atoms with Crippen molar-refractivity contribution in [2.45, 2.75) is 0 Å². The predicted molar refractivity (Wildman–Crippen MR) is 89.1 cm³/mol. The second-order valence-electron chi connectivity index (χ2n) is 6.09. The Morgan fingerprint density at radius 1 is 0.364 bits per heavy atom. The lowest BCUT2D eigenvalue weighted by Gasteiger charge is -2.08. The number of hydrogen-bond donors (Lipinski definition) is 0. The molecule has 0 aliphatic rings. The summed E-state index contributed by atoms with van der Waals surface area (Å²) in [6, 6.07) is 0.999. The van der Waals surface area contributed by atoms with Crippen molar-refractivity contribution in [2.75, 3.05) is 0 Å². The smallest absolute Gasteiger partial charge is 0.214 e. The molecule has 6 nitrogen and oxygen atoms in total. The summed E-state index contributed by atoms with van der Waals surface area (Å²) in [6.07, 6.45) is 0. The van der Waals surface area contributed by atoms with Crippen LogP contribution in [0.5, 0.6) is 0 Å². The molecule has 0 saturated carbocycles. The molecule has 4 rings (SSSR count). The number of rotatable bonds is 3. The number of halogens is 9. The summed E-state index contributed by atoms with van der Waals surface area (Å²) in [7, 11) is 0. The highest BCUT2D eigenvalue weighted by atomic mass is 19.2. The normalized spacial score (nSPS) is 11.2. The molecule has 0 spiro atoms. The number of aromatic nitrogens is 6. The zero-order chi connectivity index (χ0) is 24.0. The van der Waals surface area contributed by atoms with Gasteiger partial charge in [-0.15, -0.1) is 0 Å². The van der Waals surface area contributed by atoms with E-state index in [1.54, 1.807) is 0 Å². The Morgan fingerprint density at radius 3 is 0.818 bits per heavy atom. The van der Waals surface area contributed by atoms with Gasteiger partial charge in [-0.2, -0.15) is 26.3 Å². The van der Waals surface area contributed by atoms with Crippen molar-refractivity contribution >= 4 is 0 Å². The van der Waals surface area contributed by atoms with Gasteiger partial charge in [0.1, 0.15) is 17.1 Å². The molecule has 0 fully saturated rings. The zero-order valence-electron chi connectivity index (χ0n) is 15.3. The third-order valence-electron chi connectivity index (χ3n) is 3.94. The number of nitrogens with zero attached hydrogens (tertiary/aromatic N) is 6. The highest BCUT2D eigenvalue weighted by Crippen LogP contribution is 2.26. The van der Waals surface area contributed by atoms with Crippen LogP contribution in [0.15, 0.2) is 18.2 Å². The minimum Gasteiger partial charge on any atom is -0.214 e. The summed E-state index contributed by atoms with van der Waals surface area (Å²) in [4.78, 5) is 20.2. The molecule has 0 aromatic carbocycles. The second kappa shape index (κ2) is 8.07. The summed E-state index contributed by atoms with van der Waals surface area (Å²) in [5, 5.41) is 0. The van der Waals surface area contributed by atoms with Crippen LogP contribution in [-0.2, 0) is 0 Å². The van der Waals surface area contributed by atoms with Gasteiger partial charge in [-0.25, -0.2) is 43.1 Å². The Kier molecular flexibility index (Phi) is 5.39. The molecule has 0 bridgehead atoms. The molecule has 4 heterocycles. The van der Waals surface area contributed by atoms with E-state index in [1.807, 2.05) is 0 Å². The Labute approximate surface area is 175 Å². The third-order valence-corrected chi connectivity index (χ3v) is 3.94. The summed E-state index contributed by atoms with van der Waals surface area (Å²) in [5.74, 6) is -19.1. The van der Waals surface area contributed by atoms with Crippen molar-refractivity contribution in [3.63, 3.8) is 0 Å². The van der Waals surface area contributed by atoms with E-state index < -0.39 is 87.3 Å². The minimum absolute atomic E-state index is 0.333. The fourth-order valence-corrected chi connectivity index (χ4v) is 2.47. The quantitative estimate of drug-likeness (QED) is 0.326. The molecule has 0 amide bonds. The highest BCUT2D eigenvalue weighted by molar-refractivity contribution is 5.61. The highest BCUT2D eigenvalue weighted by Gasteiger charge is 2.22. The Morgan fingerprint density at radius 2 is 0.606 bits per heavy atom. The molecule has 4 aromatic heterocycles. The van der Waals surface area contributed by atoms with Crippen LogP contribution in [0.1, 0.15) is 0 Å². The van der Waals surface area contributed by atoms with Gasteiger partial charge < -0.3 is 0 Å². The topological polar surface area (TPSA) is 77.3 Å². The lowest BCUT2D eigenvalue weighted by molar-refractivity contribution is 0.427. The van der Waals surface area contributed by atoms with Crippen LogP contribution in [0.4, 0.5) is 39.5 Å². The largest absolute Gasteiger partial charge is 0.252 e. The van der Waals surface area contributed by atoms with Gasteiger partial charge in [-0.1, -0.05) is 0 Å². The summed E-state index contributed by atoms with van der Waals surface area (Å²) in [5.41, 5.74) is -2.37. The second-order valence-corrected chi connectivity index (χ2v) is 6.09. The molecule has 0 unspecified atom stereocenters.